The number of hydrogen-bond donors (Lipinski definition) is 2. The number of nitrogens with zero attached hydrogens (tertiary/aromatic N) is 5. The lowest BCUT2D eigenvalue weighted by Gasteiger charge is -2.32. The van der Waals surface area contributed by atoms with E-state index in [4.69, 9.17) is 4.52 Å². The first kappa shape index (κ1) is 28.1. The van der Waals surface area contributed by atoms with Gasteiger partial charge in [0.2, 0.25) is 17.6 Å². The van der Waals surface area contributed by atoms with Crippen LogP contribution in [-0.2, 0) is 22.7 Å². The van der Waals surface area contributed by atoms with Gasteiger partial charge in [0.05, 0.1) is 18.7 Å². The summed E-state index contributed by atoms with van der Waals surface area (Å²) < 4.78 is 33.6. The van der Waals surface area contributed by atoms with E-state index in [1.807, 2.05) is 11.9 Å². The zero-order chi connectivity index (χ0) is 28.1. The lowest BCUT2D eigenvalue weighted by molar-refractivity contribution is -0.145. The third kappa shape index (κ3) is 6.76. The van der Waals surface area contributed by atoms with Crippen LogP contribution >= 0.6 is 0 Å². The molecule has 2 heterocycles. The van der Waals surface area contributed by atoms with Crippen LogP contribution in [0.2, 0.25) is 0 Å². The molecule has 1 aromatic heterocycles. The minimum atomic E-state index is -0.544. The van der Waals surface area contributed by atoms with E-state index in [9.17, 15) is 18.4 Å². The number of amides is 2. The molecule has 39 heavy (non-hydrogen) atoms. The summed E-state index contributed by atoms with van der Waals surface area (Å²) in [5, 5.41) is 13.1. The highest BCUT2D eigenvalue weighted by atomic mass is 19.1. The van der Waals surface area contributed by atoms with Crippen molar-refractivity contribution in [2.75, 3.05) is 44.7 Å². The Morgan fingerprint density at radius 2 is 1.85 bits per heavy atom. The van der Waals surface area contributed by atoms with E-state index in [0.717, 1.165) is 17.7 Å². The second-order valence-electron chi connectivity index (χ2n) is 9.47. The first-order valence-corrected chi connectivity index (χ1v) is 12.8. The van der Waals surface area contributed by atoms with Gasteiger partial charge in [0.25, 0.3) is 5.91 Å². The Morgan fingerprint density at radius 3 is 2.56 bits per heavy atom. The molecular weight excluding hydrogens is 508 g/mol. The molecule has 0 atom stereocenters. The first-order valence-electron chi connectivity index (χ1n) is 12.8. The number of likely N-dealkylation sites (N-methyl/N-ethyl adjacent to an activating group) is 2. The molecule has 12 heteroatoms. The van der Waals surface area contributed by atoms with E-state index < -0.39 is 5.82 Å². The second-order valence-corrected chi connectivity index (χ2v) is 9.47. The van der Waals surface area contributed by atoms with Crippen molar-refractivity contribution in [2.45, 2.75) is 33.9 Å². The van der Waals surface area contributed by atoms with E-state index in [-0.39, 0.29) is 48.0 Å². The topological polar surface area (TPSA) is 107 Å². The number of rotatable bonds is 11. The molecule has 1 aliphatic heterocycles. The predicted molar refractivity (Wildman–Crippen MR) is 141 cm³/mol. The van der Waals surface area contributed by atoms with Gasteiger partial charge in [-0.25, -0.2) is 13.8 Å². The molecule has 2 aromatic carbocycles. The lowest BCUT2D eigenvalue weighted by Crippen LogP contribution is -2.48. The molecule has 208 valence electrons. The van der Waals surface area contributed by atoms with Gasteiger partial charge in [-0.15, -0.1) is 0 Å². The highest BCUT2D eigenvalue weighted by Crippen LogP contribution is 2.30. The van der Waals surface area contributed by atoms with E-state index in [0.29, 0.717) is 37.4 Å². The molecule has 3 aromatic rings. The molecule has 2 amide bonds. The number of fused-ring (bicyclic) bond motifs is 1. The summed E-state index contributed by atoms with van der Waals surface area (Å²) in [6.45, 7) is 7.65. The molecule has 0 aliphatic carbocycles. The van der Waals surface area contributed by atoms with E-state index in [1.165, 1.54) is 29.3 Å². The zero-order valence-corrected chi connectivity index (χ0v) is 22.6. The molecule has 1 aliphatic rings. The number of halogens is 2. The monoisotopic (exact) mass is 541 g/mol. The summed E-state index contributed by atoms with van der Waals surface area (Å²) in [7, 11) is 1.64. The Balaban J connectivity index is 1.56. The normalized spacial score (nSPS) is 12.9. The molecular formula is C27H33F2N7O3. The number of anilines is 1. The number of carbonyl (C=O) groups excluding carboxylic acids is 2. The number of aromatic nitrogens is 2. The van der Waals surface area contributed by atoms with Crippen molar-refractivity contribution < 1.29 is 22.9 Å². The van der Waals surface area contributed by atoms with Gasteiger partial charge >= 0.3 is 0 Å². The maximum absolute atomic E-state index is 14.9. The van der Waals surface area contributed by atoms with Gasteiger partial charge in [-0.3, -0.25) is 14.6 Å². The average molecular weight is 542 g/mol. The molecule has 0 radical (unpaired) electrons. The largest absolute Gasteiger partial charge is 0.353 e. The van der Waals surface area contributed by atoms with Gasteiger partial charge in [-0.05, 0) is 54.4 Å². The van der Waals surface area contributed by atoms with Crippen LogP contribution in [0.3, 0.4) is 0 Å². The highest BCUT2D eigenvalue weighted by molar-refractivity contribution is 5.87. The lowest BCUT2D eigenvalue weighted by atomic mass is 10.1. The quantitative estimate of drug-likeness (QED) is 0.357. The van der Waals surface area contributed by atoms with Gasteiger partial charge in [-0.1, -0.05) is 18.1 Å². The van der Waals surface area contributed by atoms with Crippen molar-refractivity contribution in [2.24, 2.45) is 0 Å². The summed E-state index contributed by atoms with van der Waals surface area (Å²) >= 11 is 0. The van der Waals surface area contributed by atoms with Crippen molar-refractivity contribution in [1.29, 1.82) is 0 Å². The van der Waals surface area contributed by atoms with Gasteiger partial charge < -0.3 is 20.1 Å². The Kier molecular flexibility index (Phi) is 8.87. The Morgan fingerprint density at radius 1 is 1.08 bits per heavy atom. The summed E-state index contributed by atoms with van der Waals surface area (Å²) in [4.78, 5) is 32.0. The molecule has 0 spiro atoms. The van der Waals surface area contributed by atoms with Crippen molar-refractivity contribution in [3.63, 3.8) is 0 Å². The maximum Gasteiger partial charge on any atom is 0.256 e. The summed E-state index contributed by atoms with van der Waals surface area (Å²) in [6, 6.07) is 7.45. The Hall–Kier alpha value is -3.90. The van der Waals surface area contributed by atoms with Crippen LogP contribution in [0.25, 0.3) is 11.4 Å². The van der Waals surface area contributed by atoms with Gasteiger partial charge in [0, 0.05) is 45.8 Å². The molecule has 0 saturated heterocycles. The van der Waals surface area contributed by atoms with Crippen molar-refractivity contribution >= 4 is 17.5 Å². The summed E-state index contributed by atoms with van der Waals surface area (Å²) in [5.74, 6) is -1.08. The molecule has 4 rings (SSSR count). The highest BCUT2D eigenvalue weighted by Gasteiger charge is 2.28. The molecule has 10 nitrogen and oxygen atoms in total. The molecule has 2 N–H and O–H groups in total. The second kappa shape index (κ2) is 12.3. The first-order chi connectivity index (χ1) is 18.7. The number of hydrogen-bond acceptors (Lipinski definition) is 8. The number of benzene rings is 2. The van der Waals surface area contributed by atoms with Crippen LogP contribution in [0.1, 0.15) is 29.5 Å². The molecule has 0 fully saturated rings. The standard InChI is InChI=1S/C27H33F2N7O3/c1-5-30-8-9-31-25(37)15-35(24-12-22(23(29)10-17(24)2)27-32-18(3)39-33-27)16-26(38)34(4)36-13-19-6-7-21(28)11-20(19)14-36/h6-7,10-12,30H,5,8-9,13-16H2,1-4H3,(H,31,37). The van der Waals surface area contributed by atoms with Gasteiger partial charge in [0.1, 0.15) is 11.6 Å². The van der Waals surface area contributed by atoms with Gasteiger partial charge in [0.15, 0.2) is 0 Å². The fourth-order valence-electron chi connectivity index (χ4n) is 4.49. The average Bonchev–Trinajstić information content (AvgIpc) is 3.51. The van der Waals surface area contributed by atoms with Crippen LogP contribution in [0.4, 0.5) is 14.5 Å². The number of carbonyl (C=O) groups is 2. The summed E-state index contributed by atoms with van der Waals surface area (Å²) in [6.07, 6.45) is 0. The number of hydrazine groups is 1. The fourth-order valence-corrected chi connectivity index (χ4v) is 4.49. The fraction of sp³-hybridized carbons (Fsp3) is 0.407. The number of aryl methyl sites for hydroxylation is 2. The minimum Gasteiger partial charge on any atom is -0.353 e. The minimum absolute atomic E-state index is 0.0757. The van der Waals surface area contributed by atoms with Crippen LogP contribution in [0.15, 0.2) is 34.9 Å². The van der Waals surface area contributed by atoms with E-state index in [1.54, 1.807) is 31.9 Å². The SMILES string of the molecule is CCNCCNC(=O)CN(CC(=O)N(C)N1Cc2ccc(F)cc2C1)c1cc(-c2noc(C)n2)c(F)cc1C. The van der Waals surface area contributed by atoms with E-state index >= 15 is 0 Å². The molecule has 0 saturated carbocycles. The third-order valence-corrected chi connectivity index (χ3v) is 6.59. The van der Waals surface area contributed by atoms with Crippen LogP contribution in [-0.4, -0.2) is 71.7 Å². The van der Waals surface area contributed by atoms with Crippen LogP contribution in [0.5, 0.6) is 0 Å². The molecule has 0 bridgehead atoms. The zero-order valence-electron chi connectivity index (χ0n) is 22.6. The predicted octanol–water partition coefficient (Wildman–Crippen LogP) is 2.55. The summed E-state index contributed by atoms with van der Waals surface area (Å²) in [5.41, 5.74) is 2.90. The Labute approximate surface area is 225 Å². The maximum atomic E-state index is 14.9. The smallest absolute Gasteiger partial charge is 0.256 e. The van der Waals surface area contributed by atoms with Crippen LogP contribution < -0.4 is 15.5 Å². The Bertz CT molecular complexity index is 1350. The van der Waals surface area contributed by atoms with Crippen molar-refractivity contribution in [3.8, 4) is 11.4 Å². The van der Waals surface area contributed by atoms with Crippen molar-refractivity contribution in [1.82, 2.24) is 30.8 Å². The van der Waals surface area contributed by atoms with Crippen molar-refractivity contribution in [3.05, 3.63) is 64.5 Å². The van der Waals surface area contributed by atoms with Gasteiger partial charge in [-0.2, -0.15) is 4.98 Å². The van der Waals surface area contributed by atoms with Crippen LogP contribution in [0, 0.1) is 25.5 Å². The molecule has 0 unspecified atom stereocenters. The number of nitrogens with one attached hydrogen (secondary N) is 2. The third-order valence-electron chi connectivity index (χ3n) is 6.59. The van der Waals surface area contributed by atoms with E-state index in [2.05, 4.69) is 20.8 Å².